The molecule has 0 aromatic heterocycles. The quantitative estimate of drug-likeness (QED) is 0.733. The molecule has 104 valence electrons. The van der Waals surface area contributed by atoms with Crippen LogP contribution in [-0.4, -0.2) is 24.1 Å². The molecule has 1 amide bonds. The Balaban J connectivity index is 2.24. The summed E-state index contributed by atoms with van der Waals surface area (Å²) in [5, 5.41) is 0. The number of nitrogens with one attached hydrogen (secondary N) is 1. The van der Waals surface area contributed by atoms with Gasteiger partial charge in [-0.25, -0.2) is 4.79 Å². The van der Waals surface area contributed by atoms with Crippen molar-refractivity contribution in [2.24, 2.45) is 11.7 Å². The molecule has 5 nitrogen and oxygen atoms in total. The molecule has 0 aromatic carbocycles. The third kappa shape index (κ3) is 4.91. The number of alkyl halides is 3. The summed E-state index contributed by atoms with van der Waals surface area (Å²) in [6, 6.07) is 0.132. The second-order valence-corrected chi connectivity index (χ2v) is 4.40. The fourth-order valence-corrected chi connectivity index (χ4v) is 1.86. The fourth-order valence-electron chi connectivity index (χ4n) is 1.86. The number of carbonyl (C=O) groups excluding carboxylic acids is 2. The second-order valence-electron chi connectivity index (χ2n) is 4.40. The van der Waals surface area contributed by atoms with E-state index in [1.165, 1.54) is 5.48 Å². The lowest BCUT2D eigenvalue weighted by Crippen LogP contribution is -2.36. The molecule has 1 rings (SSSR count). The summed E-state index contributed by atoms with van der Waals surface area (Å²) in [6.07, 6.45) is -1.98. The Morgan fingerprint density at radius 3 is 2.28 bits per heavy atom. The molecular weight excluding hydrogens is 253 g/mol. The lowest BCUT2D eigenvalue weighted by atomic mass is 9.84. The normalized spacial score (nSPS) is 24.4. The Morgan fingerprint density at radius 1 is 1.22 bits per heavy atom. The predicted octanol–water partition coefficient (Wildman–Crippen LogP) is 1.03. The summed E-state index contributed by atoms with van der Waals surface area (Å²) < 4.78 is 35.3. The zero-order valence-corrected chi connectivity index (χ0v) is 9.63. The van der Waals surface area contributed by atoms with Gasteiger partial charge >= 0.3 is 12.1 Å². The van der Waals surface area contributed by atoms with Gasteiger partial charge in [-0.15, -0.1) is 0 Å². The van der Waals surface area contributed by atoms with Crippen LogP contribution in [0.1, 0.15) is 32.1 Å². The maximum atomic E-state index is 11.8. The lowest BCUT2D eigenvalue weighted by molar-refractivity contribution is -0.207. The molecule has 0 bridgehead atoms. The van der Waals surface area contributed by atoms with Crippen molar-refractivity contribution in [2.75, 3.05) is 0 Å². The SMILES string of the molecule is NC1CCC(CC(=O)NOC(=O)C(F)(F)F)CC1. The minimum atomic E-state index is -5.11. The molecule has 0 saturated heterocycles. The van der Waals surface area contributed by atoms with Crippen molar-refractivity contribution in [1.82, 2.24) is 5.48 Å². The van der Waals surface area contributed by atoms with Gasteiger partial charge in [0.2, 0.25) is 0 Å². The van der Waals surface area contributed by atoms with Gasteiger partial charge in [-0.05, 0) is 31.6 Å². The van der Waals surface area contributed by atoms with Gasteiger partial charge in [-0.3, -0.25) is 4.79 Å². The highest BCUT2D eigenvalue weighted by molar-refractivity contribution is 5.80. The molecule has 1 aliphatic rings. The molecule has 0 aromatic rings. The molecule has 3 N–H and O–H groups in total. The van der Waals surface area contributed by atoms with Crippen LogP contribution in [0, 0.1) is 5.92 Å². The lowest BCUT2D eigenvalue weighted by Gasteiger charge is -2.25. The molecule has 0 unspecified atom stereocenters. The van der Waals surface area contributed by atoms with Crippen molar-refractivity contribution in [2.45, 2.75) is 44.3 Å². The number of hydrogen-bond acceptors (Lipinski definition) is 4. The molecule has 18 heavy (non-hydrogen) atoms. The predicted molar refractivity (Wildman–Crippen MR) is 54.8 cm³/mol. The van der Waals surface area contributed by atoms with E-state index in [-0.39, 0.29) is 18.4 Å². The zero-order chi connectivity index (χ0) is 13.8. The Hall–Kier alpha value is -1.31. The van der Waals surface area contributed by atoms with Crippen molar-refractivity contribution in [3.05, 3.63) is 0 Å². The smallest absolute Gasteiger partial charge is 0.332 e. The maximum absolute atomic E-state index is 11.8. The van der Waals surface area contributed by atoms with Gasteiger partial charge in [0, 0.05) is 12.5 Å². The molecule has 1 aliphatic carbocycles. The number of nitrogens with two attached hydrogens (primary N) is 1. The van der Waals surface area contributed by atoms with Crippen molar-refractivity contribution in [3.8, 4) is 0 Å². The zero-order valence-electron chi connectivity index (χ0n) is 9.63. The number of halogens is 3. The minimum absolute atomic E-state index is 0.0395. The standard InChI is InChI=1S/C10H15F3N2O3/c11-10(12,13)9(17)18-15-8(16)5-6-1-3-7(14)4-2-6/h6-7H,1-5,14H2,(H,15,16). The van der Waals surface area contributed by atoms with Gasteiger partial charge in [0.05, 0.1) is 0 Å². The van der Waals surface area contributed by atoms with Gasteiger partial charge in [0.25, 0.3) is 5.91 Å². The molecule has 8 heteroatoms. The van der Waals surface area contributed by atoms with Gasteiger partial charge in [0.1, 0.15) is 0 Å². The van der Waals surface area contributed by atoms with E-state index in [1.807, 2.05) is 0 Å². The molecule has 0 atom stereocenters. The Kier molecular flexibility index (Phi) is 4.94. The summed E-state index contributed by atoms with van der Waals surface area (Å²) in [4.78, 5) is 25.2. The minimum Gasteiger partial charge on any atom is -0.332 e. The van der Waals surface area contributed by atoms with Crippen LogP contribution in [0.15, 0.2) is 0 Å². The van der Waals surface area contributed by atoms with Crippen molar-refractivity contribution in [1.29, 1.82) is 0 Å². The first kappa shape index (κ1) is 14.7. The molecule has 0 radical (unpaired) electrons. The molecule has 0 aliphatic heterocycles. The molecular formula is C10H15F3N2O3. The number of hydrogen-bond donors (Lipinski definition) is 2. The maximum Gasteiger partial charge on any atom is 0.493 e. The topological polar surface area (TPSA) is 81.4 Å². The first-order valence-electron chi connectivity index (χ1n) is 5.61. The molecule has 1 fully saturated rings. The number of amides is 1. The van der Waals surface area contributed by atoms with Crippen LogP contribution in [0.4, 0.5) is 13.2 Å². The van der Waals surface area contributed by atoms with E-state index < -0.39 is 18.1 Å². The van der Waals surface area contributed by atoms with Crippen LogP contribution in [0.2, 0.25) is 0 Å². The molecule has 0 spiro atoms. The Labute approximate surface area is 102 Å². The highest BCUT2D eigenvalue weighted by atomic mass is 19.4. The summed E-state index contributed by atoms with van der Waals surface area (Å²) in [6.45, 7) is 0. The van der Waals surface area contributed by atoms with Gasteiger partial charge in [-0.2, -0.15) is 18.7 Å². The van der Waals surface area contributed by atoms with E-state index in [0.29, 0.717) is 0 Å². The van der Waals surface area contributed by atoms with E-state index in [0.717, 1.165) is 25.7 Å². The van der Waals surface area contributed by atoms with E-state index in [2.05, 4.69) is 4.84 Å². The largest absolute Gasteiger partial charge is 0.493 e. The van der Waals surface area contributed by atoms with Gasteiger partial charge in [-0.1, -0.05) is 0 Å². The highest BCUT2D eigenvalue weighted by Crippen LogP contribution is 2.25. The van der Waals surface area contributed by atoms with E-state index in [9.17, 15) is 22.8 Å². The fraction of sp³-hybridized carbons (Fsp3) is 0.800. The van der Waals surface area contributed by atoms with Crippen LogP contribution < -0.4 is 11.2 Å². The summed E-state index contributed by atoms with van der Waals surface area (Å²) in [7, 11) is 0. The Bertz CT molecular complexity index is 312. The van der Waals surface area contributed by atoms with Crippen molar-refractivity contribution >= 4 is 11.9 Å². The summed E-state index contributed by atoms with van der Waals surface area (Å²) in [5.74, 6) is -3.08. The van der Waals surface area contributed by atoms with Crippen LogP contribution in [-0.2, 0) is 14.4 Å². The average Bonchev–Trinajstić information content (AvgIpc) is 2.28. The molecule has 0 heterocycles. The van der Waals surface area contributed by atoms with Crippen molar-refractivity contribution < 1.29 is 27.6 Å². The van der Waals surface area contributed by atoms with E-state index in [4.69, 9.17) is 5.73 Å². The number of carbonyl (C=O) groups is 2. The van der Waals surface area contributed by atoms with Crippen LogP contribution in [0.25, 0.3) is 0 Å². The van der Waals surface area contributed by atoms with E-state index >= 15 is 0 Å². The first-order valence-corrected chi connectivity index (χ1v) is 5.61. The van der Waals surface area contributed by atoms with Crippen LogP contribution in [0.5, 0.6) is 0 Å². The summed E-state index contributed by atoms with van der Waals surface area (Å²) >= 11 is 0. The van der Waals surface area contributed by atoms with Crippen LogP contribution in [0.3, 0.4) is 0 Å². The number of rotatable bonds is 2. The molecule has 1 saturated carbocycles. The third-order valence-electron chi connectivity index (χ3n) is 2.85. The first-order chi connectivity index (χ1) is 8.29. The van der Waals surface area contributed by atoms with E-state index in [1.54, 1.807) is 0 Å². The number of hydroxylamine groups is 1. The third-order valence-corrected chi connectivity index (χ3v) is 2.85. The monoisotopic (exact) mass is 268 g/mol. The Morgan fingerprint density at radius 2 is 1.78 bits per heavy atom. The van der Waals surface area contributed by atoms with Crippen LogP contribution >= 0.6 is 0 Å². The summed E-state index contributed by atoms with van der Waals surface area (Å²) in [5.41, 5.74) is 7.19. The average molecular weight is 268 g/mol. The highest BCUT2D eigenvalue weighted by Gasteiger charge is 2.42. The van der Waals surface area contributed by atoms with Crippen molar-refractivity contribution in [3.63, 3.8) is 0 Å². The van der Waals surface area contributed by atoms with Gasteiger partial charge in [0.15, 0.2) is 0 Å². The van der Waals surface area contributed by atoms with Gasteiger partial charge < -0.3 is 10.6 Å². The second kappa shape index (κ2) is 6.03.